The summed E-state index contributed by atoms with van der Waals surface area (Å²) in [6.45, 7) is 2.72. The highest BCUT2D eigenvalue weighted by atomic mass is 19.4. The molecule has 3 amide bonds. The lowest BCUT2D eigenvalue weighted by atomic mass is 9.56. The van der Waals surface area contributed by atoms with Crippen molar-refractivity contribution in [3.63, 3.8) is 0 Å². The average molecular weight is 424 g/mol. The molecule has 162 valence electrons. The van der Waals surface area contributed by atoms with Crippen molar-refractivity contribution in [3.8, 4) is 5.88 Å². The van der Waals surface area contributed by atoms with Gasteiger partial charge in [-0.2, -0.15) is 0 Å². The van der Waals surface area contributed by atoms with Crippen LogP contribution in [0.25, 0.3) is 0 Å². The van der Waals surface area contributed by atoms with Crippen LogP contribution in [-0.2, 0) is 11.2 Å². The summed E-state index contributed by atoms with van der Waals surface area (Å²) in [6.07, 6.45) is 0.843. The number of pyridine rings is 1. The summed E-state index contributed by atoms with van der Waals surface area (Å²) in [5, 5.41) is 2.99. The van der Waals surface area contributed by atoms with E-state index in [0.717, 1.165) is 44.3 Å². The zero-order chi connectivity index (χ0) is 21.1. The Balaban J connectivity index is 1.04. The monoisotopic (exact) mass is 424 g/mol. The number of nitrogens with zero attached hydrogens (tertiary/aromatic N) is 3. The van der Waals surface area contributed by atoms with Crippen LogP contribution in [0, 0.1) is 11.3 Å². The number of aromatic nitrogens is 1. The fraction of sp³-hybridized carbons (Fsp3) is 0.650. The van der Waals surface area contributed by atoms with Crippen LogP contribution < -0.4 is 10.1 Å². The SMILES string of the molecule is O=C1CCC2(CN(C(=O)N3CC4(CC(Cc5ccc(OC(F)(F)F)nc5)C4)C3)C2)N1. The Labute approximate surface area is 171 Å². The second kappa shape index (κ2) is 6.49. The second-order valence-electron chi connectivity index (χ2n) is 9.35. The predicted molar refractivity (Wildman–Crippen MR) is 98.4 cm³/mol. The summed E-state index contributed by atoms with van der Waals surface area (Å²) in [5.41, 5.74) is 0.893. The van der Waals surface area contributed by atoms with Gasteiger partial charge in [-0.15, -0.1) is 13.2 Å². The molecule has 5 rings (SSSR count). The van der Waals surface area contributed by atoms with Gasteiger partial charge in [0, 0.05) is 50.3 Å². The number of halogens is 3. The molecule has 3 aliphatic heterocycles. The minimum Gasteiger partial charge on any atom is -0.388 e. The van der Waals surface area contributed by atoms with Gasteiger partial charge in [-0.25, -0.2) is 9.78 Å². The van der Waals surface area contributed by atoms with Crippen LogP contribution in [-0.4, -0.2) is 64.8 Å². The molecule has 0 atom stereocenters. The van der Waals surface area contributed by atoms with Gasteiger partial charge in [0.1, 0.15) is 0 Å². The van der Waals surface area contributed by atoms with Gasteiger partial charge in [0.25, 0.3) is 0 Å². The van der Waals surface area contributed by atoms with Crippen LogP contribution in [0.15, 0.2) is 18.3 Å². The third-order valence-electron chi connectivity index (χ3n) is 6.80. The molecule has 7 nitrogen and oxygen atoms in total. The number of nitrogens with one attached hydrogen (secondary N) is 1. The third kappa shape index (κ3) is 3.56. The predicted octanol–water partition coefficient (Wildman–Crippen LogP) is 2.32. The van der Waals surface area contributed by atoms with Crippen molar-refractivity contribution >= 4 is 11.9 Å². The van der Waals surface area contributed by atoms with Crippen molar-refractivity contribution in [2.75, 3.05) is 26.2 Å². The highest BCUT2D eigenvalue weighted by molar-refractivity contribution is 5.82. The van der Waals surface area contributed by atoms with Crippen molar-refractivity contribution in [2.45, 2.75) is 44.0 Å². The van der Waals surface area contributed by atoms with Gasteiger partial charge in [0.05, 0.1) is 5.54 Å². The molecule has 1 aromatic heterocycles. The van der Waals surface area contributed by atoms with Crippen LogP contribution in [0.5, 0.6) is 5.88 Å². The van der Waals surface area contributed by atoms with E-state index < -0.39 is 12.2 Å². The fourth-order valence-corrected chi connectivity index (χ4v) is 5.54. The lowest BCUT2D eigenvalue weighted by Gasteiger charge is -2.61. The molecule has 0 radical (unpaired) electrons. The van der Waals surface area contributed by atoms with Crippen molar-refractivity contribution in [3.05, 3.63) is 23.9 Å². The largest absolute Gasteiger partial charge is 0.574 e. The number of hydrogen-bond donors (Lipinski definition) is 1. The summed E-state index contributed by atoms with van der Waals surface area (Å²) < 4.78 is 40.4. The maximum Gasteiger partial charge on any atom is 0.574 e. The highest BCUT2D eigenvalue weighted by Crippen LogP contribution is 2.53. The molecule has 4 aliphatic rings. The zero-order valence-corrected chi connectivity index (χ0v) is 16.4. The van der Waals surface area contributed by atoms with E-state index in [1.54, 1.807) is 6.07 Å². The number of carbonyl (C=O) groups excluding carboxylic acids is 2. The molecular formula is C20H23F3N4O3. The van der Waals surface area contributed by atoms with Gasteiger partial charge in [-0.1, -0.05) is 6.07 Å². The summed E-state index contributed by atoms with van der Waals surface area (Å²) in [5.74, 6) is 0.0806. The maximum atomic E-state index is 12.6. The molecule has 0 aromatic carbocycles. The Morgan fingerprint density at radius 3 is 2.47 bits per heavy atom. The molecule has 3 saturated heterocycles. The number of rotatable bonds is 3. The Morgan fingerprint density at radius 1 is 1.20 bits per heavy atom. The first-order valence-electron chi connectivity index (χ1n) is 10.2. The number of amides is 3. The minimum atomic E-state index is -4.73. The number of urea groups is 1. The van der Waals surface area contributed by atoms with Crippen molar-refractivity contribution < 1.29 is 27.5 Å². The molecular weight excluding hydrogens is 401 g/mol. The Kier molecular flexibility index (Phi) is 4.20. The van der Waals surface area contributed by atoms with Crippen molar-refractivity contribution in [1.82, 2.24) is 20.1 Å². The van der Waals surface area contributed by atoms with Crippen LogP contribution in [0.2, 0.25) is 0 Å². The van der Waals surface area contributed by atoms with Gasteiger partial charge in [0.2, 0.25) is 11.8 Å². The van der Waals surface area contributed by atoms with Crippen LogP contribution in [0.1, 0.15) is 31.2 Å². The van der Waals surface area contributed by atoms with E-state index in [4.69, 9.17) is 0 Å². The first-order valence-corrected chi connectivity index (χ1v) is 10.2. The van der Waals surface area contributed by atoms with Gasteiger partial charge in [-0.3, -0.25) is 4.79 Å². The quantitative estimate of drug-likeness (QED) is 0.808. The summed E-state index contributed by atoms with van der Waals surface area (Å²) in [7, 11) is 0. The number of hydrogen-bond acceptors (Lipinski definition) is 4. The molecule has 1 aromatic rings. The first kappa shape index (κ1) is 19.4. The summed E-state index contributed by atoms with van der Waals surface area (Å²) >= 11 is 0. The van der Waals surface area contributed by atoms with E-state index in [2.05, 4.69) is 15.0 Å². The van der Waals surface area contributed by atoms with Crippen LogP contribution in [0.3, 0.4) is 0 Å². The molecule has 30 heavy (non-hydrogen) atoms. The molecule has 0 unspecified atom stereocenters. The third-order valence-corrected chi connectivity index (χ3v) is 6.80. The molecule has 4 heterocycles. The van der Waals surface area contributed by atoms with Gasteiger partial charge >= 0.3 is 12.4 Å². The second-order valence-corrected chi connectivity index (χ2v) is 9.35. The molecule has 1 N–H and O–H groups in total. The lowest BCUT2D eigenvalue weighted by Crippen LogP contribution is -2.73. The van der Waals surface area contributed by atoms with E-state index in [-0.39, 0.29) is 22.9 Å². The lowest BCUT2D eigenvalue weighted by molar-refractivity contribution is -0.276. The molecule has 1 aliphatic carbocycles. The first-order chi connectivity index (χ1) is 14.1. The summed E-state index contributed by atoms with van der Waals surface area (Å²) in [6, 6.07) is 2.92. The Morgan fingerprint density at radius 2 is 1.90 bits per heavy atom. The summed E-state index contributed by atoms with van der Waals surface area (Å²) in [4.78, 5) is 31.4. The number of likely N-dealkylation sites (tertiary alicyclic amines) is 2. The Bertz CT molecular complexity index is 853. The van der Waals surface area contributed by atoms with E-state index >= 15 is 0 Å². The molecule has 2 spiro atoms. The molecule has 0 bridgehead atoms. The average Bonchev–Trinajstić information content (AvgIpc) is 2.96. The van der Waals surface area contributed by atoms with Crippen molar-refractivity contribution in [2.24, 2.45) is 11.3 Å². The van der Waals surface area contributed by atoms with E-state index in [1.807, 2.05) is 9.80 Å². The fourth-order valence-electron chi connectivity index (χ4n) is 5.54. The van der Waals surface area contributed by atoms with Gasteiger partial charge in [-0.05, 0) is 37.2 Å². The van der Waals surface area contributed by atoms with E-state index in [9.17, 15) is 22.8 Å². The normalized spacial score (nSPS) is 24.3. The number of alkyl halides is 3. The standard InChI is InChI=1S/C20H23F3N4O3/c21-20(22,23)30-16-2-1-13(8-24-16)5-14-6-18(7-14)9-26(10-18)17(29)27-11-19(12-27)4-3-15(28)25-19/h1-2,8,14H,3-7,9-12H2,(H,25,28). The Hall–Kier alpha value is -2.52. The van der Waals surface area contributed by atoms with Crippen LogP contribution in [0.4, 0.5) is 18.0 Å². The molecule has 4 fully saturated rings. The maximum absolute atomic E-state index is 12.6. The van der Waals surface area contributed by atoms with Gasteiger partial charge < -0.3 is 19.9 Å². The smallest absolute Gasteiger partial charge is 0.388 e. The molecule has 1 saturated carbocycles. The molecule has 10 heteroatoms. The number of carbonyl (C=O) groups is 2. The highest BCUT2D eigenvalue weighted by Gasteiger charge is 2.56. The number of ether oxygens (including phenoxy) is 1. The van der Waals surface area contributed by atoms with Crippen molar-refractivity contribution in [1.29, 1.82) is 0 Å². The van der Waals surface area contributed by atoms with Crippen LogP contribution >= 0.6 is 0 Å². The van der Waals surface area contributed by atoms with Gasteiger partial charge in [0.15, 0.2) is 0 Å². The topological polar surface area (TPSA) is 74.8 Å². The minimum absolute atomic E-state index is 0.0558. The van der Waals surface area contributed by atoms with E-state index in [0.29, 0.717) is 25.4 Å². The zero-order valence-electron chi connectivity index (χ0n) is 16.4. The van der Waals surface area contributed by atoms with E-state index in [1.165, 1.54) is 12.3 Å².